The summed E-state index contributed by atoms with van der Waals surface area (Å²) in [6.45, 7) is 8.18. The van der Waals surface area contributed by atoms with Gasteiger partial charge in [-0.05, 0) is 42.5 Å². The molecule has 0 amide bonds. The predicted molar refractivity (Wildman–Crippen MR) is 65.3 cm³/mol. The molecular formula is C13H19ClO. The highest BCUT2D eigenvalue weighted by atomic mass is 35.5. The summed E-state index contributed by atoms with van der Waals surface area (Å²) in [6, 6.07) is 3.92. The standard InChI is InChI=1S/C13H19ClO/c1-5-8(2)13(15)11-6-9(3)10(4)7-12(11)14/h6-8,13,15H,5H2,1-4H3. The van der Waals surface area contributed by atoms with Crippen LogP contribution in [0.25, 0.3) is 0 Å². The Balaban J connectivity index is 3.09. The van der Waals surface area contributed by atoms with Gasteiger partial charge >= 0.3 is 0 Å². The summed E-state index contributed by atoms with van der Waals surface area (Å²) in [5, 5.41) is 10.8. The minimum absolute atomic E-state index is 0.240. The lowest BCUT2D eigenvalue weighted by Crippen LogP contribution is -2.09. The molecule has 0 aliphatic rings. The van der Waals surface area contributed by atoms with Gasteiger partial charge in [0.15, 0.2) is 0 Å². The maximum atomic E-state index is 10.1. The third-order valence-electron chi connectivity index (χ3n) is 3.11. The highest BCUT2D eigenvalue weighted by molar-refractivity contribution is 6.31. The van der Waals surface area contributed by atoms with Gasteiger partial charge in [-0.2, -0.15) is 0 Å². The van der Waals surface area contributed by atoms with Crippen LogP contribution in [-0.2, 0) is 0 Å². The number of rotatable bonds is 3. The van der Waals surface area contributed by atoms with Gasteiger partial charge in [0.2, 0.25) is 0 Å². The predicted octanol–water partition coefficient (Wildman–Crippen LogP) is 4.04. The fraction of sp³-hybridized carbons (Fsp3) is 0.538. The van der Waals surface area contributed by atoms with Gasteiger partial charge in [-0.3, -0.25) is 0 Å². The summed E-state index contributed by atoms with van der Waals surface area (Å²) < 4.78 is 0. The van der Waals surface area contributed by atoms with Crippen LogP contribution in [0.3, 0.4) is 0 Å². The monoisotopic (exact) mass is 226 g/mol. The smallest absolute Gasteiger partial charge is 0.0829 e. The van der Waals surface area contributed by atoms with E-state index in [1.54, 1.807) is 0 Å². The van der Waals surface area contributed by atoms with E-state index in [1.807, 2.05) is 32.9 Å². The van der Waals surface area contributed by atoms with Crippen molar-refractivity contribution in [1.82, 2.24) is 0 Å². The van der Waals surface area contributed by atoms with Gasteiger partial charge in [-0.25, -0.2) is 0 Å². The highest BCUT2D eigenvalue weighted by Crippen LogP contribution is 2.31. The third-order valence-corrected chi connectivity index (χ3v) is 3.44. The Morgan fingerprint density at radius 3 is 2.33 bits per heavy atom. The normalized spacial score (nSPS) is 15.1. The number of aliphatic hydroxyl groups is 1. The molecule has 0 heterocycles. The number of halogens is 1. The molecule has 84 valence electrons. The molecule has 0 saturated carbocycles. The first-order valence-corrected chi connectivity index (χ1v) is 5.79. The van der Waals surface area contributed by atoms with Gasteiger partial charge in [0, 0.05) is 5.02 Å². The summed E-state index contributed by atoms with van der Waals surface area (Å²) in [7, 11) is 0. The first kappa shape index (κ1) is 12.5. The molecule has 0 fully saturated rings. The van der Waals surface area contributed by atoms with Crippen LogP contribution in [0.4, 0.5) is 0 Å². The van der Waals surface area contributed by atoms with Crippen molar-refractivity contribution in [3.63, 3.8) is 0 Å². The van der Waals surface area contributed by atoms with E-state index in [9.17, 15) is 5.11 Å². The van der Waals surface area contributed by atoms with Gasteiger partial charge < -0.3 is 5.11 Å². The van der Waals surface area contributed by atoms with Crippen molar-refractivity contribution < 1.29 is 5.11 Å². The maximum absolute atomic E-state index is 10.1. The second kappa shape index (κ2) is 5.00. The largest absolute Gasteiger partial charge is 0.388 e. The number of aliphatic hydroxyl groups excluding tert-OH is 1. The van der Waals surface area contributed by atoms with Gasteiger partial charge in [0.1, 0.15) is 0 Å². The molecule has 2 heteroatoms. The quantitative estimate of drug-likeness (QED) is 0.825. The molecular weight excluding hydrogens is 208 g/mol. The SMILES string of the molecule is CCC(C)C(O)c1cc(C)c(C)cc1Cl. The molecule has 0 aliphatic carbocycles. The summed E-state index contributed by atoms with van der Waals surface area (Å²) in [4.78, 5) is 0. The van der Waals surface area contributed by atoms with Crippen LogP contribution in [0.15, 0.2) is 12.1 Å². The van der Waals surface area contributed by atoms with E-state index in [0.29, 0.717) is 5.02 Å². The molecule has 0 saturated heterocycles. The van der Waals surface area contributed by atoms with Crippen LogP contribution in [0.5, 0.6) is 0 Å². The van der Waals surface area contributed by atoms with Crippen molar-refractivity contribution in [2.45, 2.75) is 40.2 Å². The van der Waals surface area contributed by atoms with Crippen molar-refractivity contribution in [2.75, 3.05) is 0 Å². The molecule has 0 radical (unpaired) electrons. The molecule has 2 unspecified atom stereocenters. The van der Waals surface area contributed by atoms with Crippen molar-refractivity contribution >= 4 is 11.6 Å². The minimum Gasteiger partial charge on any atom is -0.388 e. The zero-order valence-electron chi connectivity index (χ0n) is 9.84. The molecule has 1 nitrogen and oxygen atoms in total. The first-order chi connectivity index (χ1) is 6.97. The Bertz CT molecular complexity index is 347. The average molecular weight is 227 g/mol. The zero-order chi connectivity index (χ0) is 11.6. The Morgan fingerprint density at radius 2 is 1.80 bits per heavy atom. The number of benzene rings is 1. The van der Waals surface area contributed by atoms with Crippen LogP contribution >= 0.6 is 11.6 Å². The molecule has 1 rings (SSSR count). The fourth-order valence-electron chi connectivity index (χ4n) is 1.56. The van der Waals surface area contributed by atoms with E-state index in [2.05, 4.69) is 6.92 Å². The molecule has 1 aromatic rings. The number of hydrogen-bond acceptors (Lipinski definition) is 1. The summed E-state index contributed by atoms with van der Waals surface area (Å²) in [5.41, 5.74) is 3.20. The third kappa shape index (κ3) is 2.73. The van der Waals surface area contributed by atoms with Crippen LogP contribution in [0, 0.1) is 19.8 Å². The Kier molecular flexibility index (Phi) is 4.18. The minimum atomic E-state index is -0.457. The van der Waals surface area contributed by atoms with Crippen LogP contribution in [0.1, 0.15) is 43.1 Å². The fourth-order valence-corrected chi connectivity index (χ4v) is 1.89. The van der Waals surface area contributed by atoms with E-state index in [4.69, 9.17) is 11.6 Å². The van der Waals surface area contributed by atoms with Crippen LogP contribution in [-0.4, -0.2) is 5.11 Å². The van der Waals surface area contributed by atoms with E-state index in [0.717, 1.165) is 12.0 Å². The summed E-state index contributed by atoms with van der Waals surface area (Å²) in [6.07, 6.45) is 0.492. The Labute approximate surface area is 97.1 Å². The van der Waals surface area contributed by atoms with Crippen molar-refractivity contribution in [3.8, 4) is 0 Å². The zero-order valence-corrected chi connectivity index (χ0v) is 10.6. The van der Waals surface area contributed by atoms with Crippen molar-refractivity contribution in [1.29, 1.82) is 0 Å². The van der Waals surface area contributed by atoms with Gasteiger partial charge in [0.25, 0.3) is 0 Å². The van der Waals surface area contributed by atoms with E-state index in [-0.39, 0.29) is 5.92 Å². The van der Waals surface area contributed by atoms with Gasteiger partial charge in [-0.15, -0.1) is 0 Å². The lowest BCUT2D eigenvalue weighted by Gasteiger charge is -2.19. The van der Waals surface area contributed by atoms with E-state index in [1.165, 1.54) is 11.1 Å². The Morgan fingerprint density at radius 1 is 1.27 bits per heavy atom. The topological polar surface area (TPSA) is 20.2 Å². The van der Waals surface area contributed by atoms with E-state index >= 15 is 0 Å². The lowest BCUT2D eigenvalue weighted by atomic mass is 9.93. The first-order valence-electron chi connectivity index (χ1n) is 5.42. The lowest BCUT2D eigenvalue weighted by molar-refractivity contribution is 0.115. The molecule has 2 atom stereocenters. The molecule has 15 heavy (non-hydrogen) atoms. The van der Waals surface area contributed by atoms with Crippen LogP contribution < -0.4 is 0 Å². The average Bonchev–Trinajstić information content (AvgIpc) is 2.21. The highest BCUT2D eigenvalue weighted by Gasteiger charge is 2.18. The molecule has 1 N–H and O–H groups in total. The molecule has 1 aromatic carbocycles. The number of hydrogen-bond donors (Lipinski definition) is 1. The van der Waals surface area contributed by atoms with Crippen LogP contribution in [0.2, 0.25) is 5.02 Å². The maximum Gasteiger partial charge on any atom is 0.0829 e. The van der Waals surface area contributed by atoms with Gasteiger partial charge in [-0.1, -0.05) is 37.9 Å². The van der Waals surface area contributed by atoms with E-state index < -0.39 is 6.10 Å². The second-order valence-corrected chi connectivity index (χ2v) is 4.70. The number of aryl methyl sites for hydroxylation is 2. The Hall–Kier alpha value is -0.530. The molecule has 0 aromatic heterocycles. The van der Waals surface area contributed by atoms with Gasteiger partial charge in [0.05, 0.1) is 6.10 Å². The summed E-state index contributed by atoms with van der Waals surface area (Å²) >= 11 is 6.14. The molecule has 0 spiro atoms. The second-order valence-electron chi connectivity index (χ2n) is 4.29. The summed E-state index contributed by atoms with van der Waals surface area (Å²) in [5.74, 6) is 0.240. The van der Waals surface area contributed by atoms with Crippen molar-refractivity contribution in [3.05, 3.63) is 33.8 Å². The molecule has 0 aliphatic heterocycles. The van der Waals surface area contributed by atoms with Crippen molar-refractivity contribution in [2.24, 2.45) is 5.92 Å². The molecule has 0 bridgehead atoms.